The average molecular weight is 312 g/mol. The molecule has 0 aliphatic heterocycles. The summed E-state index contributed by atoms with van der Waals surface area (Å²) >= 11 is 3.39. The van der Waals surface area contributed by atoms with Crippen molar-refractivity contribution in [3.05, 3.63) is 28.2 Å². The van der Waals surface area contributed by atoms with Gasteiger partial charge in [-0.2, -0.15) is 0 Å². The van der Waals surface area contributed by atoms with E-state index in [2.05, 4.69) is 21.2 Å². The first-order chi connectivity index (χ1) is 8.70. The molecule has 0 bridgehead atoms. The van der Waals surface area contributed by atoms with Crippen LogP contribution in [0.25, 0.3) is 0 Å². The van der Waals surface area contributed by atoms with Gasteiger partial charge < -0.3 is 10.1 Å². The molecule has 1 N–H and O–H groups in total. The highest BCUT2D eigenvalue weighted by Crippen LogP contribution is 2.29. The van der Waals surface area contributed by atoms with Gasteiger partial charge >= 0.3 is 0 Å². The number of carbonyl (C=O) groups is 1. The Bertz CT molecular complexity index is 430. The second-order valence-electron chi connectivity index (χ2n) is 4.70. The van der Waals surface area contributed by atoms with Gasteiger partial charge in [0.1, 0.15) is 5.75 Å². The zero-order valence-corrected chi connectivity index (χ0v) is 12.1. The molecule has 0 unspecified atom stereocenters. The van der Waals surface area contributed by atoms with E-state index in [1.54, 1.807) is 7.05 Å². The minimum Gasteiger partial charge on any atom is -0.493 e. The van der Waals surface area contributed by atoms with Crippen LogP contribution in [0, 0.1) is 5.92 Å². The Hall–Kier alpha value is -0.870. The minimum atomic E-state index is 0.0578. The normalized spacial score (nSPS) is 15.2. The largest absolute Gasteiger partial charge is 0.493 e. The number of hydrogen-bond acceptors (Lipinski definition) is 3. The van der Waals surface area contributed by atoms with Gasteiger partial charge in [-0.1, -0.05) is 22.4 Å². The molecule has 98 valence electrons. The minimum absolute atomic E-state index is 0.0578. The van der Waals surface area contributed by atoms with Crippen molar-refractivity contribution in [2.24, 2.45) is 5.92 Å². The second-order valence-corrected chi connectivity index (χ2v) is 5.62. The molecule has 1 aliphatic rings. The Morgan fingerprint density at radius 2 is 2.28 bits per heavy atom. The van der Waals surface area contributed by atoms with Gasteiger partial charge in [0.25, 0.3) is 0 Å². The van der Waals surface area contributed by atoms with E-state index >= 15 is 0 Å². The molecule has 18 heavy (non-hydrogen) atoms. The number of benzene rings is 1. The molecule has 1 aliphatic carbocycles. The molecule has 0 spiro atoms. The van der Waals surface area contributed by atoms with Crippen molar-refractivity contribution >= 4 is 21.7 Å². The zero-order chi connectivity index (χ0) is 13.0. The van der Waals surface area contributed by atoms with Gasteiger partial charge in [-0.3, -0.25) is 4.79 Å². The molecule has 1 aromatic carbocycles. The lowest BCUT2D eigenvalue weighted by Crippen LogP contribution is -2.22. The van der Waals surface area contributed by atoms with E-state index in [9.17, 15) is 4.79 Å². The molecule has 2 rings (SSSR count). The number of ether oxygens (including phenoxy) is 1. The molecule has 1 aromatic rings. The SMILES string of the molecule is CNCC(=O)c1cc(Br)ccc1OCC1CCC1. The summed E-state index contributed by atoms with van der Waals surface area (Å²) in [7, 11) is 1.77. The van der Waals surface area contributed by atoms with Crippen molar-refractivity contribution in [1.82, 2.24) is 5.32 Å². The topological polar surface area (TPSA) is 38.3 Å². The smallest absolute Gasteiger partial charge is 0.180 e. The molecule has 1 fully saturated rings. The molecular formula is C14H18BrNO2. The lowest BCUT2D eigenvalue weighted by molar-refractivity contribution is 0.0986. The summed E-state index contributed by atoms with van der Waals surface area (Å²) in [5.74, 6) is 1.42. The van der Waals surface area contributed by atoms with Crippen molar-refractivity contribution in [3.63, 3.8) is 0 Å². The van der Waals surface area contributed by atoms with E-state index in [-0.39, 0.29) is 5.78 Å². The molecule has 4 heteroatoms. The van der Waals surface area contributed by atoms with Gasteiger partial charge in [0.15, 0.2) is 5.78 Å². The highest BCUT2D eigenvalue weighted by Gasteiger charge is 2.19. The molecule has 3 nitrogen and oxygen atoms in total. The van der Waals surface area contributed by atoms with Crippen LogP contribution in [0.15, 0.2) is 22.7 Å². The lowest BCUT2D eigenvalue weighted by atomic mass is 9.86. The molecule has 0 amide bonds. The summed E-state index contributed by atoms with van der Waals surface area (Å²) in [6.45, 7) is 1.05. The maximum atomic E-state index is 12.0. The van der Waals surface area contributed by atoms with Gasteiger partial charge in [-0.25, -0.2) is 0 Å². The van der Waals surface area contributed by atoms with Crippen LogP contribution in [-0.4, -0.2) is 26.0 Å². The van der Waals surface area contributed by atoms with Crippen molar-refractivity contribution in [1.29, 1.82) is 0 Å². The van der Waals surface area contributed by atoms with Crippen LogP contribution in [0.2, 0.25) is 0 Å². The van der Waals surface area contributed by atoms with Crippen LogP contribution in [0.3, 0.4) is 0 Å². The van der Waals surface area contributed by atoms with Crippen molar-refractivity contribution in [3.8, 4) is 5.75 Å². The maximum Gasteiger partial charge on any atom is 0.180 e. The first-order valence-corrected chi connectivity index (χ1v) is 7.10. The fourth-order valence-corrected chi connectivity index (χ4v) is 2.33. The number of Topliss-reactive ketones (excluding diaryl/α,β-unsaturated/α-hetero) is 1. The van der Waals surface area contributed by atoms with E-state index in [1.165, 1.54) is 19.3 Å². The molecule has 0 radical (unpaired) electrons. The highest BCUT2D eigenvalue weighted by atomic mass is 79.9. The lowest BCUT2D eigenvalue weighted by Gasteiger charge is -2.25. The maximum absolute atomic E-state index is 12.0. The van der Waals surface area contributed by atoms with E-state index in [0.29, 0.717) is 23.8 Å². The Labute approximate surface area is 116 Å². The number of nitrogens with one attached hydrogen (secondary N) is 1. The van der Waals surface area contributed by atoms with Crippen molar-refractivity contribution in [2.75, 3.05) is 20.2 Å². The van der Waals surface area contributed by atoms with Crippen LogP contribution in [0.1, 0.15) is 29.6 Å². The summed E-state index contributed by atoms with van der Waals surface area (Å²) in [6.07, 6.45) is 3.80. The van der Waals surface area contributed by atoms with Crippen LogP contribution >= 0.6 is 15.9 Å². The van der Waals surface area contributed by atoms with E-state index in [0.717, 1.165) is 11.1 Å². The highest BCUT2D eigenvalue weighted by molar-refractivity contribution is 9.10. The molecule has 1 saturated carbocycles. The van der Waals surface area contributed by atoms with Crippen LogP contribution < -0.4 is 10.1 Å². The molecule has 0 heterocycles. The zero-order valence-electron chi connectivity index (χ0n) is 10.5. The van der Waals surface area contributed by atoms with Crippen molar-refractivity contribution in [2.45, 2.75) is 19.3 Å². The van der Waals surface area contributed by atoms with Gasteiger partial charge in [-0.15, -0.1) is 0 Å². The Balaban J connectivity index is 2.08. The number of ketones is 1. The first kappa shape index (κ1) is 13.6. The predicted molar refractivity (Wildman–Crippen MR) is 75.2 cm³/mol. The standard InChI is InChI=1S/C14H18BrNO2/c1-16-8-13(17)12-7-11(15)5-6-14(12)18-9-10-3-2-4-10/h5-7,10,16H,2-4,8-9H2,1H3. The Morgan fingerprint density at radius 3 is 2.89 bits per heavy atom. The number of likely N-dealkylation sites (N-methyl/N-ethyl adjacent to an activating group) is 1. The summed E-state index contributed by atoms with van der Waals surface area (Å²) in [5.41, 5.74) is 0.651. The van der Waals surface area contributed by atoms with Gasteiger partial charge in [0, 0.05) is 4.47 Å². The van der Waals surface area contributed by atoms with Gasteiger partial charge in [0.05, 0.1) is 18.7 Å². The third-order valence-electron chi connectivity index (χ3n) is 3.28. The average Bonchev–Trinajstić information content (AvgIpc) is 2.29. The summed E-state index contributed by atoms with van der Waals surface area (Å²) < 4.78 is 6.69. The van der Waals surface area contributed by atoms with Crippen molar-refractivity contribution < 1.29 is 9.53 Å². The number of halogens is 1. The third kappa shape index (κ3) is 3.33. The quantitative estimate of drug-likeness (QED) is 0.821. The summed E-state index contributed by atoms with van der Waals surface area (Å²) in [5, 5.41) is 2.88. The predicted octanol–water partition coefficient (Wildman–Crippen LogP) is 3.03. The number of hydrogen-bond donors (Lipinski definition) is 1. The van der Waals surface area contributed by atoms with Crippen LogP contribution in [0.5, 0.6) is 5.75 Å². The fourth-order valence-electron chi connectivity index (χ4n) is 1.97. The van der Waals surface area contributed by atoms with Gasteiger partial charge in [-0.05, 0) is 44.0 Å². The number of rotatable bonds is 6. The number of carbonyl (C=O) groups excluding carboxylic acids is 1. The Morgan fingerprint density at radius 1 is 1.50 bits per heavy atom. The second kappa shape index (κ2) is 6.34. The fraction of sp³-hybridized carbons (Fsp3) is 0.500. The molecular weight excluding hydrogens is 294 g/mol. The molecule has 0 saturated heterocycles. The van der Waals surface area contributed by atoms with E-state index < -0.39 is 0 Å². The monoisotopic (exact) mass is 311 g/mol. The van der Waals surface area contributed by atoms with Crippen LogP contribution in [-0.2, 0) is 0 Å². The summed E-state index contributed by atoms with van der Waals surface area (Å²) in [4.78, 5) is 12.0. The Kier molecular flexibility index (Phi) is 4.78. The van der Waals surface area contributed by atoms with E-state index in [1.807, 2.05) is 18.2 Å². The first-order valence-electron chi connectivity index (χ1n) is 6.31. The van der Waals surface area contributed by atoms with Gasteiger partial charge in [0.2, 0.25) is 0 Å². The third-order valence-corrected chi connectivity index (χ3v) is 3.77. The van der Waals surface area contributed by atoms with Crippen LogP contribution in [0.4, 0.5) is 0 Å². The summed E-state index contributed by atoms with van der Waals surface area (Å²) in [6, 6.07) is 5.60. The molecule has 0 aromatic heterocycles. The van der Waals surface area contributed by atoms with E-state index in [4.69, 9.17) is 4.74 Å². The molecule has 0 atom stereocenters.